The van der Waals surface area contributed by atoms with Gasteiger partial charge in [-0.05, 0) is 23.1 Å². The molecule has 0 aliphatic carbocycles. The number of azide groups is 1. The van der Waals surface area contributed by atoms with Gasteiger partial charge in [0.15, 0.2) is 5.78 Å². The fourth-order valence-corrected chi connectivity index (χ4v) is 1.27. The van der Waals surface area contributed by atoms with E-state index in [0.717, 1.165) is 5.56 Å². The van der Waals surface area contributed by atoms with Crippen molar-refractivity contribution in [1.29, 1.82) is 0 Å². The maximum atomic E-state index is 11.6. The lowest BCUT2D eigenvalue weighted by molar-refractivity contribution is 0.0963. The number of Topliss-reactive ketones (excluding diaryl/α,β-unsaturated/α-hetero) is 1. The topological polar surface area (TPSA) is 78.7 Å². The molecule has 0 N–H and O–H groups in total. The summed E-state index contributed by atoms with van der Waals surface area (Å²) in [4.78, 5) is 18.3. The van der Waals surface area contributed by atoms with Gasteiger partial charge in [-0.2, -0.15) is 0 Å². The number of carbonyl (C=O) groups excluding carboxylic acids is 1. The second-order valence-corrected chi connectivity index (χ2v) is 3.96. The van der Waals surface area contributed by atoms with Gasteiger partial charge in [-0.25, -0.2) is 0 Å². The average Bonchev–Trinajstić information content (AvgIpc) is 2.26. The van der Waals surface area contributed by atoms with Crippen LogP contribution in [0.15, 0.2) is 23.4 Å². The molecule has 0 radical (unpaired) electrons. The fraction of sp³-hybridized carbons (Fsp3) is 0.455. The van der Waals surface area contributed by atoms with E-state index in [4.69, 9.17) is 5.53 Å². The first-order valence-corrected chi connectivity index (χ1v) is 5.12. The zero-order valence-electron chi connectivity index (χ0n) is 9.42. The molecule has 0 atom stereocenters. The summed E-state index contributed by atoms with van der Waals surface area (Å²) in [5.74, 6) is 0.377. The molecule has 1 rings (SSSR count). The van der Waals surface area contributed by atoms with Crippen LogP contribution in [0.5, 0.6) is 0 Å². The van der Waals surface area contributed by atoms with Gasteiger partial charge >= 0.3 is 0 Å². The van der Waals surface area contributed by atoms with Gasteiger partial charge in [0.1, 0.15) is 5.69 Å². The van der Waals surface area contributed by atoms with Crippen LogP contribution >= 0.6 is 0 Å². The number of pyridine rings is 1. The van der Waals surface area contributed by atoms with Crippen molar-refractivity contribution in [3.05, 3.63) is 40.0 Å². The van der Waals surface area contributed by atoms with Crippen LogP contribution in [-0.4, -0.2) is 10.8 Å². The van der Waals surface area contributed by atoms with E-state index in [1.165, 1.54) is 0 Å². The van der Waals surface area contributed by atoms with Gasteiger partial charge in [0.2, 0.25) is 0 Å². The lowest BCUT2D eigenvalue weighted by Crippen LogP contribution is -2.05. The number of rotatable bonds is 5. The molecule has 5 nitrogen and oxygen atoms in total. The Morgan fingerprint density at radius 3 is 2.81 bits per heavy atom. The predicted molar refractivity (Wildman–Crippen MR) is 60.9 cm³/mol. The van der Waals surface area contributed by atoms with Gasteiger partial charge in [-0.3, -0.25) is 9.78 Å². The third kappa shape index (κ3) is 3.71. The Balaban J connectivity index is 2.70. The quantitative estimate of drug-likeness (QED) is 0.329. The molecule has 0 aliphatic rings. The van der Waals surface area contributed by atoms with E-state index in [-0.39, 0.29) is 12.3 Å². The minimum Gasteiger partial charge on any atom is -0.292 e. The van der Waals surface area contributed by atoms with Crippen LogP contribution in [0.4, 0.5) is 0 Å². The molecule has 0 saturated carbocycles. The van der Waals surface area contributed by atoms with Crippen LogP contribution in [-0.2, 0) is 6.54 Å². The molecular formula is C11H14N4O. The van der Waals surface area contributed by atoms with Gasteiger partial charge in [-0.1, -0.05) is 25.0 Å². The van der Waals surface area contributed by atoms with E-state index in [2.05, 4.69) is 15.0 Å². The molecule has 0 spiro atoms. The maximum absolute atomic E-state index is 11.6. The smallest absolute Gasteiger partial charge is 0.181 e. The van der Waals surface area contributed by atoms with Crippen molar-refractivity contribution < 1.29 is 4.79 Å². The molecule has 0 fully saturated rings. The number of hydrogen-bond donors (Lipinski definition) is 0. The highest BCUT2D eigenvalue weighted by atomic mass is 16.1. The number of carbonyl (C=O) groups is 1. The number of nitrogens with zero attached hydrogens (tertiary/aromatic N) is 4. The summed E-state index contributed by atoms with van der Waals surface area (Å²) >= 11 is 0. The highest BCUT2D eigenvalue weighted by molar-refractivity contribution is 5.94. The van der Waals surface area contributed by atoms with Crippen LogP contribution in [0, 0.1) is 5.92 Å². The maximum Gasteiger partial charge on any atom is 0.181 e. The van der Waals surface area contributed by atoms with Crippen molar-refractivity contribution in [3.63, 3.8) is 0 Å². The Kier molecular flexibility index (Phi) is 4.48. The van der Waals surface area contributed by atoms with Crippen molar-refractivity contribution in [3.8, 4) is 0 Å². The largest absolute Gasteiger partial charge is 0.292 e. The Labute approximate surface area is 94.1 Å². The van der Waals surface area contributed by atoms with E-state index in [1.807, 2.05) is 13.8 Å². The van der Waals surface area contributed by atoms with E-state index >= 15 is 0 Å². The highest BCUT2D eigenvalue weighted by Gasteiger charge is 2.09. The summed E-state index contributed by atoms with van der Waals surface area (Å²) < 4.78 is 0. The van der Waals surface area contributed by atoms with E-state index < -0.39 is 0 Å². The van der Waals surface area contributed by atoms with Gasteiger partial charge in [0.25, 0.3) is 0 Å². The van der Waals surface area contributed by atoms with Gasteiger partial charge < -0.3 is 0 Å². The standard InChI is InChI=1S/C11H14N4O/c1-8(2)5-11(16)10-4-3-9(6-13-10)7-14-15-12/h3-4,6,8H,5,7H2,1-2H3. The molecule has 1 aromatic heterocycles. The third-order valence-corrected chi connectivity index (χ3v) is 2.02. The van der Waals surface area contributed by atoms with Crippen LogP contribution < -0.4 is 0 Å². The lowest BCUT2D eigenvalue weighted by atomic mass is 10.0. The molecule has 16 heavy (non-hydrogen) atoms. The van der Waals surface area contributed by atoms with E-state index in [9.17, 15) is 4.79 Å². The highest BCUT2D eigenvalue weighted by Crippen LogP contribution is 2.08. The summed E-state index contributed by atoms with van der Waals surface area (Å²) in [5, 5.41) is 3.42. The summed E-state index contributed by atoms with van der Waals surface area (Å²) in [7, 11) is 0. The number of hydrogen-bond acceptors (Lipinski definition) is 3. The summed E-state index contributed by atoms with van der Waals surface area (Å²) in [5.41, 5.74) is 9.43. The van der Waals surface area contributed by atoms with Crippen molar-refractivity contribution in [2.45, 2.75) is 26.8 Å². The molecule has 0 bridgehead atoms. The molecule has 84 valence electrons. The lowest BCUT2D eigenvalue weighted by Gasteiger charge is -2.03. The van der Waals surface area contributed by atoms with Gasteiger partial charge in [-0.15, -0.1) is 0 Å². The Hall–Kier alpha value is -1.87. The minimum absolute atomic E-state index is 0.0466. The Morgan fingerprint density at radius 1 is 1.56 bits per heavy atom. The van der Waals surface area contributed by atoms with Crippen molar-refractivity contribution >= 4 is 5.78 Å². The van der Waals surface area contributed by atoms with Crippen LogP contribution in [0.3, 0.4) is 0 Å². The third-order valence-electron chi connectivity index (χ3n) is 2.02. The first kappa shape index (κ1) is 12.2. The first-order valence-electron chi connectivity index (χ1n) is 5.12. The Bertz CT molecular complexity index is 404. The molecule has 1 aromatic rings. The van der Waals surface area contributed by atoms with Crippen molar-refractivity contribution in [2.24, 2.45) is 11.0 Å². The monoisotopic (exact) mass is 218 g/mol. The molecule has 0 unspecified atom stereocenters. The van der Waals surface area contributed by atoms with E-state index in [0.29, 0.717) is 18.0 Å². The summed E-state index contributed by atoms with van der Waals surface area (Å²) in [6.45, 7) is 4.25. The molecule has 1 heterocycles. The van der Waals surface area contributed by atoms with Crippen LogP contribution in [0.2, 0.25) is 0 Å². The van der Waals surface area contributed by atoms with Crippen LogP contribution in [0.1, 0.15) is 36.3 Å². The molecular weight excluding hydrogens is 204 g/mol. The van der Waals surface area contributed by atoms with Gasteiger partial charge in [0.05, 0.1) is 6.54 Å². The zero-order chi connectivity index (χ0) is 12.0. The van der Waals surface area contributed by atoms with Gasteiger partial charge in [0, 0.05) is 17.5 Å². The number of aromatic nitrogens is 1. The zero-order valence-corrected chi connectivity index (χ0v) is 9.42. The molecule has 0 amide bonds. The molecule has 0 aliphatic heterocycles. The normalized spacial score (nSPS) is 9.94. The summed E-state index contributed by atoms with van der Waals surface area (Å²) in [6, 6.07) is 3.43. The Morgan fingerprint density at radius 2 is 2.31 bits per heavy atom. The fourth-order valence-electron chi connectivity index (χ4n) is 1.27. The van der Waals surface area contributed by atoms with E-state index in [1.54, 1.807) is 18.3 Å². The van der Waals surface area contributed by atoms with Crippen molar-refractivity contribution in [1.82, 2.24) is 4.98 Å². The predicted octanol–water partition coefficient (Wildman–Crippen LogP) is 3.12. The van der Waals surface area contributed by atoms with Crippen LogP contribution in [0.25, 0.3) is 10.4 Å². The van der Waals surface area contributed by atoms with Crippen molar-refractivity contribution in [2.75, 3.05) is 0 Å². The molecule has 0 saturated heterocycles. The summed E-state index contributed by atoms with van der Waals surface area (Å²) in [6.07, 6.45) is 2.07. The average molecular weight is 218 g/mol. The SMILES string of the molecule is CC(C)CC(=O)c1ccc(CN=[N+]=[N-])cn1. The number of ketones is 1. The second kappa shape index (κ2) is 5.88. The molecule has 5 heteroatoms. The minimum atomic E-state index is 0.0466. The first-order chi connectivity index (χ1) is 7.63. The molecule has 0 aromatic carbocycles. The second-order valence-electron chi connectivity index (χ2n) is 3.96.